The predicted octanol–water partition coefficient (Wildman–Crippen LogP) is 2.49. The number of benzene rings is 2. The van der Waals surface area contributed by atoms with Gasteiger partial charge in [-0.1, -0.05) is 64.0 Å². The van der Waals surface area contributed by atoms with Crippen molar-refractivity contribution in [3.05, 3.63) is 48.0 Å². The van der Waals surface area contributed by atoms with Gasteiger partial charge in [-0.25, -0.2) is 0 Å². The minimum Gasteiger partial charge on any atom is -0.872 e. The summed E-state index contributed by atoms with van der Waals surface area (Å²) in [6, 6.07) is 10.2. The molecule has 0 atom stereocenters. The standard InChI is InChI=1S/C22H30O5S.Na/c1-2-3-4-5-6-7-8-9-10-18-17-19(23)11-16-22(18)27-20-12-14-21(15-13-20)28(24,25)26;/h11-17,23H,2-10H2,1H3,(H,24,25,26);/q;+1/p-1. The Morgan fingerprint density at radius 2 is 1.48 bits per heavy atom. The minimum absolute atomic E-state index is 0. The molecule has 0 spiro atoms. The molecule has 0 aliphatic carbocycles. The maximum absolute atomic E-state index is 11.7. The number of unbranched alkanes of at least 4 members (excludes halogenated alkanes) is 7. The largest absolute Gasteiger partial charge is 1.00 e. The van der Waals surface area contributed by atoms with Gasteiger partial charge in [-0.2, -0.15) is 8.42 Å². The SMILES string of the molecule is CCCCCCCCCCc1cc([O-])ccc1Oc1ccc(S(=O)(=O)O)cc1.[Na+]. The third-order valence-corrected chi connectivity index (χ3v) is 5.55. The van der Waals surface area contributed by atoms with Crippen LogP contribution in [0.4, 0.5) is 0 Å². The molecule has 0 amide bonds. The van der Waals surface area contributed by atoms with E-state index < -0.39 is 10.1 Å². The first-order chi connectivity index (χ1) is 13.4. The van der Waals surface area contributed by atoms with Gasteiger partial charge in [0.05, 0.1) is 4.90 Å². The van der Waals surface area contributed by atoms with E-state index in [1.807, 2.05) is 0 Å². The maximum Gasteiger partial charge on any atom is 1.00 e. The van der Waals surface area contributed by atoms with E-state index in [2.05, 4.69) is 6.92 Å². The Balaban J connectivity index is 0.00000420. The van der Waals surface area contributed by atoms with E-state index in [4.69, 9.17) is 9.29 Å². The van der Waals surface area contributed by atoms with Gasteiger partial charge in [0.25, 0.3) is 10.1 Å². The van der Waals surface area contributed by atoms with Gasteiger partial charge >= 0.3 is 29.6 Å². The molecule has 0 saturated heterocycles. The van der Waals surface area contributed by atoms with Gasteiger partial charge in [-0.3, -0.25) is 4.55 Å². The van der Waals surface area contributed by atoms with Crippen LogP contribution in [0.15, 0.2) is 47.4 Å². The molecule has 2 aromatic rings. The monoisotopic (exact) mass is 428 g/mol. The van der Waals surface area contributed by atoms with Crippen molar-refractivity contribution in [3.63, 3.8) is 0 Å². The molecule has 0 bridgehead atoms. The quantitative estimate of drug-likeness (QED) is 0.319. The van der Waals surface area contributed by atoms with Crippen LogP contribution in [0.1, 0.15) is 63.9 Å². The Hall–Kier alpha value is -1.05. The second-order valence-electron chi connectivity index (χ2n) is 7.04. The van der Waals surface area contributed by atoms with Gasteiger partial charge in [0.1, 0.15) is 11.5 Å². The molecule has 154 valence electrons. The van der Waals surface area contributed by atoms with Crippen molar-refractivity contribution in [2.75, 3.05) is 0 Å². The summed E-state index contributed by atoms with van der Waals surface area (Å²) in [7, 11) is -4.23. The van der Waals surface area contributed by atoms with Crippen LogP contribution in [-0.2, 0) is 16.5 Å². The zero-order valence-corrected chi connectivity index (χ0v) is 20.2. The molecule has 7 heteroatoms. The van der Waals surface area contributed by atoms with Crippen molar-refractivity contribution in [2.45, 2.75) is 69.6 Å². The average molecular weight is 429 g/mol. The Morgan fingerprint density at radius 3 is 2.07 bits per heavy atom. The van der Waals surface area contributed by atoms with Gasteiger partial charge in [0.15, 0.2) is 0 Å². The summed E-state index contributed by atoms with van der Waals surface area (Å²) < 4.78 is 37.1. The smallest absolute Gasteiger partial charge is 0.872 e. The molecule has 0 fully saturated rings. The van der Waals surface area contributed by atoms with Crippen molar-refractivity contribution < 1.29 is 52.4 Å². The van der Waals surface area contributed by atoms with E-state index in [1.165, 1.54) is 68.9 Å². The second kappa shape index (κ2) is 13.3. The van der Waals surface area contributed by atoms with Crippen LogP contribution < -0.4 is 39.4 Å². The molecule has 0 saturated carbocycles. The van der Waals surface area contributed by atoms with Crippen LogP contribution >= 0.6 is 0 Å². The fourth-order valence-electron chi connectivity index (χ4n) is 3.11. The van der Waals surface area contributed by atoms with Crippen LogP contribution in [-0.4, -0.2) is 13.0 Å². The third-order valence-electron chi connectivity index (χ3n) is 4.68. The summed E-state index contributed by atoms with van der Waals surface area (Å²) in [5, 5.41) is 11.7. The van der Waals surface area contributed by atoms with Gasteiger partial charge in [-0.05, 0) is 48.7 Å². The summed E-state index contributed by atoms with van der Waals surface area (Å²) >= 11 is 0. The topological polar surface area (TPSA) is 86.7 Å². The second-order valence-corrected chi connectivity index (χ2v) is 8.46. The number of ether oxygens (including phenoxy) is 1. The average Bonchev–Trinajstić information content (AvgIpc) is 2.65. The van der Waals surface area contributed by atoms with Gasteiger partial charge in [-0.15, -0.1) is 5.75 Å². The Kier molecular flexibility index (Phi) is 11.9. The van der Waals surface area contributed by atoms with E-state index in [-0.39, 0.29) is 40.2 Å². The maximum atomic E-state index is 11.7. The Bertz CT molecular complexity index is 835. The van der Waals surface area contributed by atoms with E-state index >= 15 is 0 Å². The minimum atomic E-state index is -4.23. The number of rotatable bonds is 12. The first kappa shape index (κ1) is 26.0. The Labute approximate surface area is 196 Å². The van der Waals surface area contributed by atoms with Crippen LogP contribution in [0.5, 0.6) is 17.2 Å². The first-order valence-electron chi connectivity index (χ1n) is 9.95. The fraction of sp³-hybridized carbons (Fsp3) is 0.455. The van der Waals surface area contributed by atoms with Gasteiger partial charge in [0.2, 0.25) is 0 Å². The number of aryl methyl sites for hydroxylation is 1. The molecule has 0 aromatic heterocycles. The van der Waals surface area contributed by atoms with E-state index in [0.29, 0.717) is 11.5 Å². The molecular formula is C22H29NaO5S. The predicted molar refractivity (Wildman–Crippen MR) is 109 cm³/mol. The van der Waals surface area contributed by atoms with Crippen LogP contribution in [0.3, 0.4) is 0 Å². The van der Waals surface area contributed by atoms with E-state index in [0.717, 1.165) is 24.8 Å². The fourth-order valence-corrected chi connectivity index (χ4v) is 3.59. The van der Waals surface area contributed by atoms with Crippen LogP contribution in [0.2, 0.25) is 0 Å². The summed E-state index contributed by atoms with van der Waals surface area (Å²) in [6.45, 7) is 2.21. The number of hydrogen-bond acceptors (Lipinski definition) is 4. The molecule has 1 N–H and O–H groups in total. The van der Waals surface area contributed by atoms with Crippen molar-refractivity contribution in [1.82, 2.24) is 0 Å². The molecule has 0 heterocycles. The summed E-state index contributed by atoms with van der Waals surface area (Å²) in [4.78, 5) is -0.186. The van der Waals surface area contributed by atoms with Crippen LogP contribution in [0, 0.1) is 0 Å². The summed E-state index contributed by atoms with van der Waals surface area (Å²) in [5.74, 6) is 0.994. The molecule has 29 heavy (non-hydrogen) atoms. The van der Waals surface area contributed by atoms with Crippen LogP contribution in [0.25, 0.3) is 0 Å². The normalized spacial score (nSPS) is 11.1. The van der Waals surface area contributed by atoms with E-state index in [9.17, 15) is 13.5 Å². The summed E-state index contributed by atoms with van der Waals surface area (Å²) in [6.07, 6.45) is 10.5. The summed E-state index contributed by atoms with van der Waals surface area (Å²) in [5.41, 5.74) is 0.859. The van der Waals surface area contributed by atoms with Crippen molar-refractivity contribution in [2.24, 2.45) is 0 Å². The van der Waals surface area contributed by atoms with Crippen molar-refractivity contribution in [1.29, 1.82) is 0 Å². The first-order valence-corrected chi connectivity index (χ1v) is 11.4. The molecule has 0 radical (unpaired) electrons. The van der Waals surface area contributed by atoms with Crippen molar-refractivity contribution in [3.8, 4) is 17.2 Å². The molecule has 0 aliphatic rings. The van der Waals surface area contributed by atoms with E-state index in [1.54, 1.807) is 12.1 Å². The Morgan fingerprint density at radius 1 is 0.897 bits per heavy atom. The molecule has 2 aromatic carbocycles. The zero-order valence-electron chi connectivity index (χ0n) is 17.4. The van der Waals surface area contributed by atoms with Gasteiger partial charge < -0.3 is 9.84 Å². The number of hydrogen-bond donors (Lipinski definition) is 1. The zero-order chi connectivity index (χ0) is 20.4. The van der Waals surface area contributed by atoms with Gasteiger partial charge in [0, 0.05) is 0 Å². The van der Waals surface area contributed by atoms with Crippen molar-refractivity contribution >= 4 is 10.1 Å². The third kappa shape index (κ3) is 9.53. The molecule has 0 unspecified atom stereocenters. The molecule has 2 rings (SSSR count). The molecular weight excluding hydrogens is 399 g/mol. The molecule has 5 nitrogen and oxygen atoms in total. The molecule has 0 aliphatic heterocycles.